The molecule has 0 aliphatic heterocycles. The minimum atomic E-state index is -0.0744. The zero-order chi connectivity index (χ0) is 39.2. The van der Waals surface area contributed by atoms with E-state index in [1.54, 1.807) is 0 Å². The SMILES string of the molecule is CC1(C)c2ccccc2-c2cc3c(cc21)c1ccccc1n3-c1ccc(-c2nc(-c3ccc(-c4ccccc4)cc3)nc(-c3ccc4c(c3)oc3ccccc34)n2)cc1. The first kappa shape index (κ1) is 33.5. The Morgan fingerprint density at radius 3 is 1.75 bits per heavy atom. The summed E-state index contributed by atoms with van der Waals surface area (Å²) in [5.74, 6) is 1.80. The van der Waals surface area contributed by atoms with Crippen molar-refractivity contribution in [2.75, 3.05) is 0 Å². The fourth-order valence-electron chi connectivity index (χ4n) is 9.27. The molecule has 1 aliphatic rings. The number of furan rings is 1. The Hall–Kier alpha value is -7.63. The van der Waals surface area contributed by atoms with Crippen LogP contribution in [0.2, 0.25) is 0 Å². The molecule has 0 fully saturated rings. The Kier molecular flexibility index (Phi) is 7.20. The van der Waals surface area contributed by atoms with Crippen LogP contribution in [0.4, 0.5) is 0 Å². The second kappa shape index (κ2) is 12.7. The van der Waals surface area contributed by atoms with Crippen LogP contribution in [0.3, 0.4) is 0 Å². The lowest BCUT2D eigenvalue weighted by Gasteiger charge is -2.21. The smallest absolute Gasteiger partial charge is 0.164 e. The first-order valence-electron chi connectivity index (χ1n) is 20.1. The second-order valence-electron chi connectivity index (χ2n) is 16.0. The molecule has 0 spiro atoms. The highest BCUT2D eigenvalue weighted by Crippen LogP contribution is 2.51. The third-order valence-electron chi connectivity index (χ3n) is 12.3. The van der Waals surface area contributed by atoms with Crippen LogP contribution in [0, 0.1) is 0 Å². The second-order valence-corrected chi connectivity index (χ2v) is 16.0. The summed E-state index contributed by atoms with van der Waals surface area (Å²) >= 11 is 0. The van der Waals surface area contributed by atoms with Crippen molar-refractivity contribution in [3.63, 3.8) is 0 Å². The van der Waals surface area contributed by atoms with Gasteiger partial charge in [-0.05, 0) is 94.0 Å². The molecule has 0 saturated carbocycles. The fraction of sp³-hybridized carbons (Fsp3) is 0.0556. The molecule has 0 radical (unpaired) electrons. The van der Waals surface area contributed by atoms with E-state index in [4.69, 9.17) is 19.4 Å². The third-order valence-corrected chi connectivity index (χ3v) is 12.3. The van der Waals surface area contributed by atoms with E-state index in [1.807, 2.05) is 30.3 Å². The number of nitrogens with zero attached hydrogens (tertiary/aromatic N) is 4. The van der Waals surface area contributed by atoms with Gasteiger partial charge in [0.2, 0.25) is 0 Å². The molecule has 5 heteroatoms. The van der Waals surface area contributed by atoms with Gasteiger partial charge >= 0.3 is 0 Å². The molecular formula is C54H36N4O. The van der Waals surface area contributed by atoms with E-state index in [0.29, 0.717) is 17.5 Å². The fourth-order valence-corrected chi connectivity index (χ4v) is 9.27. The molecule has 0 atom stereocenters. The van der Waals surface area contributed by atoms with Crippen molar-refractivity contribution in [3.05, 3.63) is 193 Å². The molecule has 0 unspecified atom stereocenters. The number of rotatable bonds is 5. The maximum Gasteiger partial charge on any atom is 0.164 e. The topological polar surface area (TPSA) is 56.7 Å². The van der Waals surface area contributed by atoms with Gasteiger partial charge in [-0.15, -0.1) is 0 Å². The van der Waals surface area contributed by atoms with Crippen molar-refractivity contribution in [2.24, 2.45) is 0 Å². The summed E-state index contributed by atoms with van der Waals surface area (Å²) in [5.41, 5.74) is 15.4. The number of para-hydroxylation sites is 2. The molecular weight excluding hydrogens is 721 g/mol. The van der Waals surface area contributed by atoms with Crippen molar-refractivity contribution in [3.8, 4) is 62.1 Å². The van der Waals surface area contributed by atoms with Gasteiger partial charge in [0.15, 0.2) is 17.5 Å². The molecule has 1 aliphatic carbocycles. The number of hydrogen-bond donors (Lipinski definition) is 0. The summed E-state index contributed by atoms with van der Waals surface area (Å²) in [6.07, 6.45) is 0. The minimum absolute atomic E-state index is 0.0744. The zero-order valence-corrected chi connectivity index (χ0v) is 32.5. The van der Waals surface area contributed by atoms with Crippen LogP contribution < -0.4 is 0 Å². The number of benzene rings is 8. The van der Waals surface area contributed by atoms with Crippen LogP contribution in [0.5, 0.6) is 0 Å². The maximum absolute atomic E-state index is 6.29. The van der Waals surface area contributed by atoms with Gasteiger partial charge in [0, 0.05) is 49.3 Å². The Balaban J connectivity index is 0.993. The molecule has 12 rings (SSSR count). The van der Waals surface area contributed by atoms with E-state index in [1.165, 1.54) is 44.1 Å². The third kappa shape index (κ3) is 5.21. The van der Waals surface area contributed by atoms with Crippen LogP contribution in [0.15, 0.2) is 186 Å². The van der Waals surface area contributed by atoms with Gasteiger partial charge in [0.05, 0.1) is 11.0 Å². The zero-order valence-electron chi connectivity index (χ0n) is 32.5. The average Bonchev–Trinajstić information content (AvgIpc) is 3.90. The molecule has 0 saturated heterocycles. The van der Waals surface area contributed by atoms with E-state index in [0.717, 1.165) is 55.4 Å². The van der Waals surface area contributed by atoms with Crippen LogP contribution in [0.25, 0.3) is 106 Å². The highest BCUT2D eigenvalue weighted by molar-refractivity contribution is 6.11. The summed E-state index contributed by atoms with van der Waals surface area (Å²) in [4.78, 5) is 15.3. The lowest BCUT2D eigenvalue weighted by atomic mass is 9.82. The summed E-state index contributed by atoms with van der Waals surface area (Å²) in [6, 6.07) is 64.2. The Morgan fingerprint density at radius 1 is 0.390 bits per heavy atom. The van der Waals surface area contributed by atoms with E-state index < -0.39 is 0 Å². The van der Waals surface area contributed by atoms with Crippen molar-refractivity contribution in [1.82, 2.24) is 19.5 Å². The van der Waals surface area contributed by atoms with E-state index in [-0.39, 0.29) is 5.41 Å². The molecule has 59 heavy (non-hydrogen) atoms. The highest BCUT2D eigenvalue weighted by Gasteiger charge is 2.36. The van der Waals surface area contributed by atoms with Gasteiger partial charge in [-0.1, -0.05) is 135 Å². The Morgan fingerprint density at radius 2 is 0.966 bits per heavy atom. The number of hydrogen-bond acceptors (Lipinski definition) is 4. The quantitative estimate of drug-likeness (QED) is 0.175. The van der Waals surface area contributed by atoms with E-state index in [2.05, 4.69) is 170 Å². The van der Waals surface area contributed by atoms with Gasteiger partial charge < -0.3 is 8.98 Å². The molecule has 3 aromatic heterocycles. The average molecular weight is 757 g/mol. The van der Waals surface area contributed by atoms with Crippen LogP contribution in [-0.2, 0) is 5.41 Å². The van der Waals surface area contributed by atoms with Crippen LogP contribution >= 0.6 is 0 Å². The summed E-state index contributed by atoms with van der Waals surface area (Å²) in [6.45, 7) is 4.69. The van der Waals surface area contributed by atoms with Crippen LogP contribution in [0.1, 0.15) is 25.0 Å². The van der Waals surface area contributed by atoms with Crippen molar-refractivity contribution in [1.29, 1.82) is 0 Å². The maximum atomic E-state index is 6.29. The van der Waals surface area contributed by atoms with Gasteiger partial charge in [0.1, 0.15) is 11.2 Å². The molecule has 0 amide bonds. The summed E-state index contributed by atoms with van der Waals surface area (Å²) in [5, 5.41) is 4.66. The summed E-state index contributed by atoms with van der Waals surface area (Å²) in [7, 11) is 0. The molecule has 0 bridgehead atoms. The largest absolute Gasteiger partial charge is 0.456 e. The number of aromatic nitrogens is 4. The number of fused-ring (bicyclic) bond motifs is 9. The predicted molar refractivity (Wildman–Crippen MR) is 241 cm³/mol. The van der Waals surface area contributed by atoms with E-state index >= 15 is 0 Å². The van der Waals surface area contributed by atoms with Crippen molar-refractivity contribution < 1.29 is 4.42 Å². The highest BCUT2D eigenvalue weighted by atomic mass is 16.3. The van der Waals surface area contributed by atoms with Gasteiger partial charge in [0.25, 0.3) is 0 Å². The molecule has 278 valence electrons. The molecule has 3 heterocycles. The standard InChI is InChI=1S/C54H36N4O/c1-54(2)45-17-9-6-14-39(45)43-32-48-44(31-46(43)54)40-15-7-10-18-47(40)58(48)38-27-24-36(25-28-38)52-55-51(35-22-20-34(21-23-35)33-12-4-3-5-13-33)56-53(57-52)37-26-29-42-41-16-8-11-19-49(41)59-50(42)30-37/h3-32H,1-2H3. The Bertz CT molecular complexity index is 3450. The first-order chi connectivity index (χ1) is 29.0. The lowest BCUT2D eigenvalue weighted by molar-refractivity contribution is 0.661. The molecule has 8 aromatic carbocycles. The first-order valence-corrected chi connectivity index (χ1v) is 20.1. The van der Waals surface area contributed by atoms with Gasteiger partial charge in [-0.25, -0.2) is 15.0 Å². The molecule has 5 nitrogen and oxygen atoms in total. The van der Waals surface area contributed by atoms with Gasteiger partial charge in [-0.2, -0.15) is 0 Å². The monoisotopic (exact) mass is 756 g/mol. The Labute approximate surface area is 340 Å². The molecule has 0 N–H and O–H groups in total. The minimum Gasteiger partial charge on any atom is -0.456 e. The predicted octanol–water partition coefficient (Wildman–Crippen LogP) is 13.8. The van der Waals surface area contributed by atoms with Gasteiger partial charge in [-0.3, -0.25) is 0 Å². The summed E-state index contributed by atoms with van der Waals surface area (Å²) < 4.78 is 8.68. The normalized spacial score (nSPS) is 13.1. The van der Waals surface area contributed by atoms with Crippen LogP contribution in [-0.4, -0.2) is 19.5 Å². The van der Waals surface area contributed by atoms with Crippen molar-refractivity contribution in [2.45, 2.75) is 19.3 Å². The van der Waals surface area contributed by atoms with Crippen molar-refractivity contribution >= 4 is 43.7 Å². The van der Waals surface area contributed by atoms with E-state index in [9.17, 15) is 0 Å². The lowest BCUT2D eigenvalue weighted by Crippen LogP contribution is -2.14. The molecule has 11 aromatic rings.